The van der Waals surface area contributed by atoms with Crippen molar-refractivity contribution < 1.29 is 5.11 Å². The highest BCUT2D eigenvalue weighted by Gasteiger charge is 2.02. The van der Waals surface area contributed by atoms with Crippen molar-refractivity contribution in [2.75, 3.05) is 6.54 Å². The van der Waals surface area contributed by atoms with Crippen LogP contribution in [0.4, 0.5) is 0 Å². The molecule has 1 atom stereocenters. The number of nitrogens with one attached hydrogen (secondary N) is 1. The zero-order chi connectivity index (χ0) is 8.81. The Morgan fingerprint density at radius 3 is 2.58 bits per heavy atom. The van der Waals surface area contributed by atoms with Crippen molar-refractivity contribution in [3.63, 3.8) is 0 Å². The summed E-state index contributed by atoms with van der Waals surface area (Å²) in [4.78, 5) is 0. The molecule has 0 bridgehead atoms. The number of aliphatic hydroxyl groups is 1. The Morgan fingerprint density at radius 2 is 2.00 bits per heavy atom. The second kappa shape index (κ2) is 4.96. The second-order valence-electron chi connectivity index (χ2n) is 2.75. The Kier molecular flexibility index (Phi) is 3.84. The van der Waals surface area contributed by atoms with Crippen molar-refractivity contribution in [1.29, 1.82) is 0 Å². The van der Waals surface area contributed by atoms with Gasteiger partial charge >= 0.3 is 0 Å². The van der Waals surface area contributed by atoms with E-state index in [4.69, 9.17) is 7.98 Å². The fourth-order valence-corrected chi connectivity index (χ4v) is 1.09. The molecule has 62 valence electrons. The van der Waals surface area contributed by atoms with E-state index in [2.05, 4.69) is 5.23 Å². The third kappa shape index (κ3) is 3.07. The first kappa shape index (κ1) is 9.29. The first-order chi connectivity index (χ1) is 5.83. The molecule has 1 rings (SSSR count). The maximum atomic E-state index is 9.36. The van der Waals surface area contributed by atoms with Gasteiger partial charge < -0.3 is 10.3 Å². The SMILES string of the molecule is [B]NCC(O)Cc1ccccc1. The first-order valence-corrected chi connectivity index (χ1v) is 3.98. The van der Waals surface area contributed by atoms with Gasteiger partial charge in [-0.25, -0.2) is 0 Å². The first-order valence-electron chi connectivity index (χ1n) is 3.98. The maximum absolute atomic E-state index is 9.36. The third-order valence-electron chi connectivity index (χ3n) is 1.67. The van der Waals surface area contributed by atoms with Crippen molar-refractivity contribution in [2.45, 2.75) is 12.5 Å². The zero-order valence-electron chi connectivity index (χ0n) is 6.90. The van der Waals surface area contributed by atoms with Gasteiger partial charge in [0.05, 0.1) is 6.10 Å². The van der Waals surface area contributed by atoms with Gasteiger partial charge in [0.1, 0.15) is 0 Å². The highest BCUT2D eigenvalue weighted by Crippen LogP contribution is 2.01. The number of benzene rings is 1. The molecule has 0 spiro atoms. The minimum Gasteiger partial charge on any atom is -0.391 e. The average molecular weight is 161 g/mol. The molecule has 0 saturated carbocycles. The topological polar surface area (TPSA) is 32.3 Å². The summed E-state index contributed by atoms with van der Waals surface area (Å²) >= 11 is 0. The third-order valence-corrected chi connectivity index (χ3v) is 1.67. The van der Waals surface area contributed by atoms with Crippen LogP contribution in [0.25, 0.3) is 0 Å². The van der Waals surface area contributed by atoms with E-state index >= 15 is 0 Å². The monoisotopic (exact) mass is 161 g/mol. The standard InChI is InChI=1S/C9H12BNO/c10-11-7-9(12)6-8-4-2-1-3-5-8/h1-5,9,11-12H,6-7H2. The number of hydrogen-bond acceptors (Lipinski definition) is 2. The molecule has 0 heterocycles. The maximum Gasteiger partial charge on any atom is 0.177 e. The van der Waals surface area contributed by atoms with Gasteiger partial charge in [-0.05, 0) is 12.0 Å². The van der Waals surface area contributed by atoms with E-state index < -0.39 is 6.10 Å². The summed E-state index contributed by atoms with van der Waals surface area (Å²) in [5.41, 5.74) is 1.13. The lowest BCUT2D eigenvalue weighted by molar-refractivity contribution is 0.179. The smallest absolute Gasteiger partial charge is 0.177 e. The van der Waals surface area contributed by atoms with Crippen molar-refractivity contribution in [1.82, 2.24) is 5.23 Å². The van der Waals surface area contributed by atoms with E-state index in [9.17, 15) is 5.11 Å². The summed E-state index contributed by atoms with van der Waals surface area (Å²) in [6.07, 6.45) is 0.239. The number of aliphatic hydroxyl groups excluding tert-OH is 1. The van der Waals surface area contributed by atoms with Crippen LogP contribution < -0.4 is 5.23 Å². The van der Waals surface area contributed by atoms with Gasteiger partial charge in [0.25, 0.3) is 0 Å². The molecular weight excluding hydrogens is 149 g/mol. The quantitative estimate of drug-likeness (QED) is 0.621. The summed E-state index contributed by atoms with van der Waals surface area (Å²) in [7, 11) is 5.07. The average Bonchev–Trinajstić information content (AvgIpc) is 2.06. The van der Waals surface area contributed by atoms with E-state index in [1.54, 1.807) is 0 Å². The lowest BCUT2D eigenvalue weighted by atomic mass is 10.1. The summed E-state index contributed by atoms with van der Waals surface area (Å²) in [5.74, 6) is 0. The predicted octanol–water partition coefficient (Wildman–Crippen LogP) is 0.263. The van der Waals surface area contributed by atoms with Crippen LogP contribution in [-0.4, -0.2) is 25.7 Å². The molecule has 0 aliphatic rings. The Morgan fingerprint density at radius 1 is 1.33 bits per heavy atom. The minimum atomic E-state index is -0.405. The highest BCUT2D eigenvalue weighted by atomic mass is 16.3. The van der Waals surface area contributed by atoms with Gasteiger partial charge in [-0.2, -0.15) is 0 Å². The molecule has 2 nitrogen and oxygen atoms in total. The van der Waals surface area contributed by atoms with Gasteiger partial charge in [0, 0.05) is 6.54 Å². The van der Waals surface area contributed by atoms with Crippen LogP contribution in [0, 0.1) is 0 Å². The van der Waals surface area contributed by atoms with E-state index in [1.807, 2.05) is 30.3 Å². The molecule has 0 aliphatic heterocycles. The molecule has 0 aromatic heterocycles. The fraction of sp³-hybridized carbons (Fsp3) is 0.333. The molecule has 1 aromatic rings. The number of rotatable bonds is 4. The van der Waals surface area contributed by atoms with Gasteiger partial charge in [0.15, 0.2) is 7.98 Å². The molecular formula is C9H12BNO. The molecule has 2 N–H and O–H groups in total. The van der Waals surface area contributed by atoms with Crippen molar-refractivity contribution in [3.8, 4) is 0 Å². The van der Waals surface area contributed by atoms with Gasteiger partial charge in [-0.1, -0.05) is 30.3 Å². The molecule has 12 heavy (non-hydrogen) atoms. The van der Waals surface area contributed by atoms with E-state index in [1.165, 1.54) is 0 Å². The van der Waals surface area contributed by atoms with E-state index in [0.29, 0.717) is 13.0 Å². The van der Waals surface area contributed by atoms with E-state index in [0.717, 1.165) is 5.56 Å². The second-order valence-corrected chi connectivity index (χ2v) is 2.75. The van der Waals surface area contributed by atoms with Crippen LogP contribution in [-0.2, 0) is 6.42 Å². The molecule has 0 fully saturated rings. The predicted molar refractivity (Wildman–Crippen MR) is 49.9 cm³/mol. The summed E-state index contributed by atoms with van der Waals surface area (Å²) in [6.45, 7) is 0.425. The Balaban J connectivity index is 2.41. The van der Waals surface area contributed by atoms with Gasteiger partial charge in [0.2, 0.25) is 0 Å². The van der Waals surface area contributed by atoms with Gasteiger partial charge in [-0.15, -0.1) is 0 Å². The summed E-state index contributed by atoms with van der Waals surface area (Å²) in [6, 6.07) is 9.84. The van der Waals surface area contributed by atoms with Crippen LogP contribution in [0.3, 0.4) is 0 Å². The minimum absolute atomic E-state index is 0.405. The summed E-state index contributed by atoms with van der Waals surface area (Å²) in [5, 5.41) is 11.8. The molecule has 2 radical (unpaired) electrons. The Bertz CT molecular complexity index is 215. The molecule has 0 saturated heterocycles. The zero-order valence-corrected chi connectivity index (χ0v) is 6.90. The molecule has 3 heteroatoms. The van der Waals surface area contributed by atoms with Crippen LogP contribution >= 0.6 is 0 Å². The van der Waals surface area contributed by atoms with Crippen molar-refractivity contribution >= 4 is 7.98 Å². The summed E-state index contributed by atoms with van der Waals surface area (Å²) < 4.78 is 0. The fourth-order valence-electron chi connectivity index (χ4n) is 1.09. The van der Waals surface area contributed by atoms with Crippen LogP contribution in [0.1, 0.15) is 5.56 Å². The number of hydrogen-bond donors (Lipinski definition) is 2. The lowest BCUT2D eigenvalue weighted by Gasteiger charge is -2.09. The normalized spacial score (nSPS) is 12.8. The van der Waals surface area contributed by atoms with Crippen molar-refractivity contribution in [3.05, 3.63) is 35.9 Å². The van der Waals surface area contributed by atoms with Crippen LogP contribution in [0.5, 0.6) is 0 Å². The lowest BCUT2D eigenvalue weighted by Crippen LogP contribution is -2.26. The largest absolute Gasteiger partial charge is 0.391 e. The van der Waals surface area contributed by atoms with Crippen molar-refractivity contribution in [2.24, 2.45) is 0 Å². The van der Waals surface area contributed by atoms with E-state index in [-0.39, 0.29) is 0 Å². The van der Waals surface area contributed by atoms with Gasteiger partial charge in [-0.3, -0.25) is 0 Å². The van der Waals surface area contributed by atoms with Crippen LogP contribution in [0.15, 0.2) is 30.3 Å². The van der Waals surface area contributed by atoms with Crippen LogP contribution in [0.2, 0.25) is 0 Å². The highest BCUT2D eigenvalue weighted by molar-refractivity contribution is 6.04. The molecule has 0 aliphatic carbocycles. The molecule has 1 unspecified atom stereocenters. The Labute approximate surface area is 74.0 Å². The molecule has 1 aromatic carbocycles. The molecule has 0 amide bonds. The Hall–Kier alpha value is -0.795.